The van der Waals surface area contributed by atoms with Crippen LogP contribution >= 0.6 is 11.8 Å². The van der Waals surface area contributed by atoms with Crippen LogP contribution in [0.3, 0.4) is 0 Å². The third-order valence-corrected chi connectivity index (χ3v) is 4.63. The average Bonchev–Trinajstić information content (AvgIpc) is 2.75. The summed E-state index contributed by atoms with van der Waals surface area (Å²) in [4.78, 5) is 0. The van der Waals surface area contributed by atoms with Gasteiger partial charge in [-0.15, -0.1) is 0 Å². The number of nitrogens with one attached hydrogen (secondary N) is 1. The molecule has 0 radical (unpaired) electrons. The molecule has 0 aromatic heterocycles. The molecule has 1 aliphatic heterocycles. The lowest BCUT2D eigenvalue weighted by Gasteiger charge is -2.24. The van der Waals surface area contributed by atoms with Crippen molar-refractivity contribution in [2.24, 2.45) is 0 Å². The zero-order valence-corrected chi connectivity index (χ0v) is 10.3. The van der Waals surface area contributed by atoms with E-state index in [-0.39, 0.29) is 0 Å². The fourth-order valence-corrected chi connectivity index (χ4v) is 3.79. The minimum absolute atomic E-state index is 0.527. The van der Waals surface area contributed by atoms with Gasteiger partial charge in [-0.3, -0.25) is 0 Å². The van der Waals surface area contributed by atoms with Crippen molar-refractivity contribution >= 4 is 11.8 Å². The first-order valence-corrected chi connectivity index (χ1v) is 6.72. The van der Waals surface area contributed by atoms with Crippen LogP contribution in [0.2, 0.25) is 0 Å². The molecule has 1 saturated heterocycles. The lowest BCUT2D eigenvalue weighted by atomic mass is 9.97. The highest BCUT2D eigenvalue weighted by Gasteiger charge is 2.26. The highest BCUT2D eigenvalue weighted by molar-refractivity contribution is 8.00. The summed E-state index contributed by atoms with van der Waals surface area (Å²) >= 11 is 2.12. The summed E-state index contributed by atoms with van der Waals surface area (Å²) in [6.07, 6.45) is 2.73. The molecule has 82 valence electrons. The Bertz CT molecular complexity index is 318. The van der Waals surface area contributed by atoms with Gasteiger partial charge in [-0.05, 0) is 43.7 Å². The first-order valence-electron chi connectivity index (χ1n) is 5.67. The van der Waals surface area contributed by atoms with E-state index < -0.39 is 0 Å². The van der Waals surface area contributed by atoms with Gasteiger partial charge >= 0.3 is 0 Å². The van der Waals surface area contributed by atoms with E-state index in [2.05, 4.69) is 55.3 Å². The maximum atomic E-state index is 3.48. The molecule has 2 atom stereocenters. The van der Waals surface area contributed by atoms with Crippen molar-refractivity contribution in [2.75, 3.05) is 12.8 Å². The van der Waals surface area contributed by atoms with Gasteiger partial charge in [-0.1, -0.05) is 24.3 Å². The minimum atomic E-state index is 0.527. The van der Waals surface area contributed by atoms with Crippen LogP contribution in [0.5, 0.6) is 0 Å². The summed E-state index contributed by atoms with van der Waals surface area (Å²) < 4.78 is 0. The smallest absolute Gasteiger partial charge is 0.0440 e. The molecule has 2 heteroatoms. The molecule has 15 heavy (non-hydrogen) atoms. The van der Waals surface area contributed by atoms with Crippen molar-refractivity contribution in [3.63, 3.8) is 0 Å². The van der Waals surface area contributed by atoms with E-state index in [0.29, 0.717) is 6.04 Å². The number of hydrogen-bond donors (Lipinski definition) is 1. The van der Waals surface area contributed by atoms with Gasteiger partial charge in [0.15, 0.2) is 0 Å². The fraction of sp³-hybridized carbons (Fsp3) is 0.538. The standard InChI is InChI=1S/C13H19NS/c1-10-6-3-4-7-11(10)13(14-2)12-8-5-9-15-12/h3-4,6-7,12-14H,5,8-9H2,1-2H3. The van der Waals surface area contributed by atoms with E-state index in [1.807, 2.05) is 0 Å². The minimum Gasteiger partial charge on any atom is -0.312 e. The molecule has 1 heterocycles. The lowest BCUT2D eigenvalue weighted by molar-refractivity contribution is 0.549. The molecule has 1 nitrogen and oxygen atoms in total. The maximum Gasteiger partial charge on any atom is 0.0440 e. The summed E-state index contributed by atoms with van der Waals surface area (Å²) in [5.41, 5.74) is 2.88. The van der Waals surface area contributed by atoms with E-state index in [0.717, 1.165) is 5.25 Å². The molecule has 0 spiro atoms. The maximum absolute atomic E-state index is 3.48. The molecule has 1 aliphatic rings. The van der Waals surface area contributed by atoms with Gasteiger partial charge in [-0.2, -0.15) is 11.8 Å². The number of hydrogen-bond acceptors (Lipinski definition) is 2. The number of aryl methyl sites for hydroxylation is 1. The third-order valence-electron chi connectivity index (χ3n) is 3.17. The van der Waals surface area contributed by atoms with Crippen LogP contribution in [-0.2, 0) is 0 Å². The van der Waals surface area contributed by atoms with Crippen molar-refractivity contribution in [3.05, 3.63) is 35.4 Å². The summed E-state index contributed by atoms with van der Waals surface area (Å²) in [5, 5.41) is 4.24. The van der Waals surface area contributed by atoms with Crippen molar-refractivity contribution in [1.29, 1.82) is 0 Å². The molecular formula is C13H19NS. The number of rotatable bonds is 3. The van der Waals surface area contributed by atoms with Crippen LogP contribution in [0, 0.1) is 6.92 Å². The molecule has 2 unspecified atom stereocenters. The highest BCUT2D eigenvalue weighted by atomic mass is 32.2. The number of thioether (sulfide) groups is 1. The van der Waals surface area contributed by atoms with Crippen molar-refractivity contribution in [2.45, 2.75) is 31.1 Å². The molecule has 0 amide bonds. The third kappa shape index (κ3) is 2.37. The van der Waals surface area contributed by atoms with Crippen molar-refractivity contribution in [3.8, 4) is 0 Å². The van der Waals surface area contributed by atoms with Crippen LogP contribution in [-0.4, -0.2) is 18.1 Å². The molecule has 2 rings (SSSR count). The van der Waals surface area contributed by atoms with E-state index in [1.165, 1.54) is 29.7 Å². The second-order valence-corrected chi connectivity index (χ2v) is 5.52. The molecule has 1 aromatic carbocycles. The molecule has 1 aromatic rings. The first kappa shape index (κ1) is 11.0. The summed E-state index contributed by atoms with van der Waals surface area (Å²) in [6, 6.07) is 9.26. The fourth-order valence-electron chi connectivity index (χ4n) is 2.34. The Balaban J connectivity index is 2.22. The van der Waals surface area contributed by atoms with E-state index in [9.17, 15) is 0 Å². The number of benzene rings is 1. The van der Waals surface area contributed by atoms with Gasteiger partial charge in [0.25, 0.3) is 0 Å². The zero-order valence-electron chi connectivity index (χ0n) is 9.49. The Morgan fingerprint density at radius 1 is 1.40 bits per heavy atom. The molecule has 0 saturated carbocycles. The average molecular weight is 221 g/mol. The summed E-state index contributed by atoms with van der Waals surface area (Å²) in [6.45, 7) is 2.21. The van der Waals surface area contributed by atoms with Crippen LogP contribution in [0.15, 0.2) is 24.3 Å². The normalized spacial score (nSPS) is 22.9. The van der Waals surface area contributed by atoms with Crippen molar-refractivity contribution < 1.29 is 0 Å². The monoisotopic (exact) mass is 221 g/mol. The molecule has 1 N–H and O–H groups in total. The van der Waals surface area contributed by atoms with Crippen molar-refractivity contribution in [1.82, 2.24) is 5.32 Å². The molecule has 0 aliphatic carbocycles. The first-order chi connectivity index (χ1) is 7.33. The van der Waals surface area contributed by atoms with Gasteiger partial charge in [0.2, 0.25) is 0 Å². The molecule has 0 bridgehead atoms. The van der Waals surface area contributed by atoms with Gasteiger partial charge in [0.05, 0.1) is 0 Å². The van der Waals surface area contributed by atoms with Crippen LogP contribution in [0.4, 0.5) is 0 Å². The largest absolute Gasteiger partial charge is 0.312 e. The van der Waals surface area contributed by atoms with Crippen LogP contribution in [0.1, 0.15) is 30.0 Å². The quantitative estimate of drug-likeness (QED) is 0.841. The van der Waals surface area contributed by atoms with E-state index >= 15 is 0 Å². The molecular weight excluding hydrogens is 202 g/mol. The van der Waals surface area contributed by atoms with Crippen LogP contribution < -0.4 is 5.32 Å². The second kappa shape index (κ2) is 5.04. The Morgan fingerprint density at radius 3 is 2.80 bits per heavy atom. The Kier molecular flexibility index (Phi) is 3.71. The Morgan fingerprint density at radius 2 is 2.20 bits per heavy atom. The predicted molar refractivity (Wildman–Crippen MR) is 68.5 cm³/mol. The van der Waals surface area contributed by atoms with Crippen LogP contribution in [0.25, 0.3) is 0 Å². The SMILES string of the molecule is CNC(c1ccccc1C)C1CCCS1. The Hall–Kier alpha value is -0.470. The van der Waals surface area contributed by atoms with E-state index in [1.54, 1.807) is 0 Å². The molecule has 1 fully saturated rings. The summed E-state index contributed by atoms with van der Waals surface area (Å²) in [7, 11) is 2.08. The predicted octanol–water partition coefficient (Wildman–Crippen LogP) is 3.15. The zero-order chi connectivity index (χ0) is 10.7. The topological polar surface area (TPSA) is 12.0 Å². The Labute approximate surface area is 96.7 Å². The van der Waals surface area contributed by atoms with Gasteiger partial charge in [0.1, 0.15) is 0 Å². The van der Waals surface area contributed by atoms with E-state index in [4.69, 9.17) is 0 Å². The van der Waals surface area contributed by atoms with Gasteiger partial charge < -0.3 is 5.32 Å². The second-order valence-electron chi connectivity index (χ2n) is 4.17. The lowest BCUT2D eigenvalue weighted by Crippen LogP contribution is -2.26. The van der Waals surface area contributed by atoms with Gasteiger partial charge in [0, 0.05) is 11.3 Å². The highest BCUT2D eigenvalue weighted by Crippen LogP contribution is 2.36. The van der Waals surface area contributed by atoms with Gasteiger partial charge in [-0.25, -0.2) is 0 Å². The summed E-state index contributed by atoms with van der Waals surface area (Å²) in [5.74, 6) is 1.33.